The Morgan fingerprint density at radius 3 is 2.54 bits per heavy atom. The molecule has 76 valence electrons. The first-order chi connectivity index (χ1) is 6.01. The molecule has 3 saturated carbocycles. The fraction of sp³-hybridized carbons (Fsp3) is 1.00. The quantitative estimate of drug-likeness (QED) is 0.696. The molecule has 0 aromatic heterocycles. The molecule has 2 bridgehead atoms. The van der Waals surface area contributed by atoms with Gasteiger partial charge in [-0.25, -0.2) is 0 Å². The van der Waals surface area contributed by atoms with Gasteiger partial charge in [-0.05, 0) is 55.8 Å². The average Bonchev–Trinajstić information content (AvgIpc) is 2.03. The molecular formula is C12H23N. The molecule has 0 spiro atoms. The van der Waals surface area contributed by atoms with Crippen molar-refractivity contribution in [1.29, 1.82) is 0 Å². The molecule has 3 rings (SSSR count). The molecule has 4 atom stereocenters. The van der Waals surface area contributed by atoms with E-state index in [1.165, 1.54) is 25.7 Å². The van der Waals surface area contributed by atoms with E-state index in [2.05, 4.69) is 20.8 Å². The Morgan fingerprint density at radius 2 is 2.08 bits per heavy atom. The van der Waals surface area contributed by atoms with E-state index >= 15 is 0 Å². The SMILES string of the molecule is C[C@@H](N)CC1CC[C@H]2C[C@@H]1C2(C)C. The minimum atomic E-state index is 0.401. The Balaban J connectivity index is 1.99. The molecule has 0 radical (unpaired) electrons. The van der Waals surface area contributed by atoms with Crippen molar-refractivity contribution in [2.45, 2.75) is 52.5 Å². The van der Waals surface area contributed by atoms with Crippen LogP contribution in [0.1, 0.15) is 46.5 Å². The lowest BCUT2D eigenvalue weighted by Gasteiger charge is -2.60. The third kappa shape index (κ3) is 1.41. The van der Waals surface area contributed by atoms with Gasteiger partial charge in [0.15, 0.2) is 0 Å². The molecule has 2 N–H and O–H groups in total. The van der Waals surface area contributed by atoms with Crippen molar-refractivity contribution in [3.63, 3.8) is 0 Å². The highest BCUT2D eigenvalue weighted by molar-refractivity contribution is 5.03. The van der Waals surface area contributed by atoms with Crippen LogP contribution in [0.3, 0.4) is 0 Å². The van der Waals surface area contributed by atoms with Gasteiger partial charge >= 0.3 is 0 Å². The number of nitrogens with two attached hydrogens (primary N) is 1. The largest absolute Gasteiger partial charge is 0.328 e. The Hall–Kier alpha value is -0.0400. The van der Waals surface area contributed by atoms with Gasteiger partial charge in [0, 0.05) is 6.04 Å². The van der Waals surface area contributed by atoms with Gasteiger partial charge in [-0.1, -0.05) is 13.8 Å². The highest BCUT2D eigenvalue weighted by atomic mass is 14.6. The highest BCUT2D eigenvalue weighted by Crippen LogP contribution is 2.62. The van der Waals surface area contributed by atoms with Crippen LogP contribution in [-0.4, -0.2) is 6.04 Å². The fourth-order valence-electron chi connectivity index (χ4n) is 3.72. The highest BCUT2D eigenvalue weighted by Gasteiger charge is 2.53. The van der Waals surface area contributed by atoms with E-state index < -0.39 is 0 Å². The molecule has 0 aliphatic heterocycles. The first-order valence-corrected chi connectivity index (χ1v) is 5.77. The molecule has 0 saturated heterocycles. The second kappa shape index (κ2) is 2.98. The summed E-state index contributed by atoms with van der Waals surface area (Å²) in [6, 6.07) is 0.401. The Bertz CT molecular complexity index is 193. The fourth-order valence-corrected chi connectivity index (χ4v) is 3.72. The van der Waals surface area contributed by atoms with Gasteiger partial charge in [-0.3, -0.25) is 0 Å². The van der Waals surface area contributed by atoms with Crippen LogP contribution in [0.25, 0.3) is 0 Å². The lowest BCUT2D eigenvalue weighted by atomic mass is 9.45. The minimum Gasteiger partial charge on any atom is -0.328 e. The monoisotopic (exact) mass is 181 g/mol. The van der Waals surface area contributed by atoms with E-state index in [-0.39, 0.29) is 0 Å². The number of fused-ring (bicyclic) bond motifs is 2. The van der Waals surface area contributed by atoms with Crippen molar-refractivity contribution in [3.8, 4) is 0 Å². The van der Waals surface area contributed by atoms with Crippen molar-refractivity contribution < 1.29 is 0 Å². The molecule has 0 aromatic carbocycles. The first kappa shape index (κ1) is 9.51. The van der Waals surface area contributed by atoms with Gasteiger partial charge in [0.2, 0.25) is 0 Å². The average molecular weight is 181 g/mol. The summed E-state index contributed by atoms with van der Waals surface area (Å²) in [7, 11) is 0. The van der Waals surface area contributed by atoms with Crippen molar-refractivity contribution in [3.05, 3.63) is 0 Å². The maximum absolute atomic E-state index is 5.89. The van der Waals surface area contributed by atoms with Gasteiger partial charge in [0.1, 0.15) is 0 Å². The molecular weight excluding hydrogens is 158 g/mol. The molecule has 13 heavy (non-hydrogen) atoms. The summed E-state index contributed by atoms with van der Waals surface area (Å²) in [5.74, 6) is 2.94. The van der Waals surface area contributed by atoms with Crippen LogP contribution in [0.15, 0.2) is 0 Å². The Morgan fingerprint density at radius 1 is 1.38 bits per heavy atom. The number of rotatable bonds is 2. The topological polar surface area (TPSA) is 26.0 Å². The van der Waals surface area contributed by atoms with Crippen LogP contribution in [0.5, 0.6) is 0 Å². The van der Waals surface area contributed by atoms with E-state index in [1.807, 2.05) is 0 Å². The van der Waals surface area contributed by atoms with Crippen molar-refractivity contribution in [1.82, 2.24) is 0 Å². The second-order valence-corrected chi connectivity index (χ2v) is 5.91. The summed E-state index contributed by atoms with van der Waals surface area (Å²) >= 11 is 0. The van der Waals surface area contributed by atoms with Gasteiger partial charge in [-0.2, -0.15) is 0 Å². The van der Waals surface area contributed by atoms with Crippen LogP contribution in [0, 0.1) is 23.2 Å². The Kier molecular flexibility index (Phi) is 2.18. The minimum absolute atomic E-state index is 0.401. The number of hydrogen-bond acceptors (Lipinski definition) is 1. The van der Waals surface area contributed by atoms with Gasteiger partial charge < -0.3 is 5.73 Å². The summed E-state index contributed by atoms with van der Waals surface area (Å²) in [6.45, 7) is 7.07. The van der Waals surface area contributed by atoms with E-state index in [1.54, 1.807) is 0 Å². The van der Waals surface area contributed by atoms with Crippen LogP contribution in [-0.2, 0) is 0 Å². The zero-order valence-electron chi connectivity index (χ0n) is 9.22. The van der Waals surface area contributed by atoms with Gasteiger partial charge in [-0.15, -0.1) is 0 Å². The molecule has 3 aliphatic carbocycles. The molecule has 1 unspecified atom stereocenters. The van der Waals surface area contributed by atoms with Crippen LogP contribution >= 0.6 is 0 Å². The zero-order chi connectivity index (χ0) is 9.64. The van der Waals surface area contributed by atoms with Gasteiger partial charge in [0.25, 0.3) is 0 Å². The molecule has 0 aromatic rings. The predicted molar refractivity (Wildman–Crippen MR) is 56.4 cm³/mol. The smallest absolute Gasteiger partial charge is 0.00132 e. The van der Waals surface area contributed by atoms with E-state index in [4.69, 9.17) is 5.73 Å². The summed E-state index contributed by atoms with van der Waals surface area (Å²) in [5.41, 5.74) is 6.53. The molecule has 3 fully saturated rings. The van der Waals surface area contributed by atoms with Crippen LogP contribution < -0.4 is 5.73 Å². The lowest BCUT2D eigenvalue weighted by molar-refractivity contribution is -0.107. The third-order valence-electron chi connectivity index (χ3n) is 4.68. The maximum atomic E-state index is 5.89. The number of hydrogen-bond donors (Lipinski definition) is 1. The lowest BCUT2D eigenvalue weighted by Crippen LogP contribution is -2.53. The molecule has 1 nitrogen and oxygen atoms in total. The molecule has 1 heteroatoms. The summed E-state index contributed by atoms with van der Waals surface area (Å²) in [5, 5.41) is 0. The van der Waals surface area contributed by atoms with E-state index in [9.17, 15) is 0 Å². The second-order valence-electron chi connectivity index (χ2n) is 5.91. The normalized spacial score (nSPS) is 43.8. The standard InChI is InChI=1S/C12H23N/c1-8(13)6-9-4-5-10-7-11(9)12(10,2)3/h8-11H,4-7,13H2,1-3H3/t8-,9?,10+,11+/m1/s1. The molecule has 0 amide bonds. The summed E-state index contributed by atoms with van der Waals surface area (Å²) in [4.78, 5) is 0. The zero-order valence-corrected chi connectivity index (χ0v) is 9.22. The third-order valence-corrected chi connectivity index (χ3v) is 4.68. The molecule has 3 aliphatic rings. The van der Waals surface area contributed by atoms with Crippen LogP contribution in [0.4, 0.5) is 0 Å². The van der Waals surface area contributed by atoms with Gasteiger partial charge in [0.05, 0.1) is 0 Å². The van der Waals surface area contributed by atoms with Crippen LogP contribution in [0.2, 0.25) is 0 Å². The predicted octanol–water partition coefficient (Wildman–Crippen LogP) is 2.80. The summed E-state index contributed by atoms with van der Waals surface area (Å²) in [6.07, 6.45) is 5.65. The van der Waals surface area contributed by atoms with Crippen molar-refractivity contribution >= 4 is 0 Å². The maximum Gasteiger partial charge on any atom is 0.00132 e. The van der Waals surface area contributed by atoms with Crippen molar-refractivity contribution in [2.75, 3.05) is 0 Å². The summed E-state index contributed by atoms with van der Waals surface area (Å²) < 4.78 is 0. The first-order valence-electron chi connectivity index (χ1n) is 5.77. The Labute approximate surface area is 82.1 Å². The van der Waals surface area contributed by atoms with E-state index in [0.717, 1.165) is 17.8 Å². The van der Waals surface area contributed by atoms with Crippen molar-refractivity contribution in [2.24, 2.45) is 28.9 Å². The van der Waals surface area contributed by atoms with E-state index in [0.29, 0.717) is 11.5 Å². The molecule has 0 heterocycles.